The molecule has 1 atom stereocenters. The number of hydrogen-bond donors (Lipinski definition) is 1. The van der Waals surface area contributed by atoms with E-state index in [9.17, 15) is 9.59 Å². The molecule has 0 bridgehead atoms. The Kier molecular flexibility index (Phi) is 2.95. The Labute approximate surface area is 99.2 Å². The Morgan fingerprint density at radius 3 is 2.53 bits per heavy atom. The van der Waals surface area contributed by atoms with Crippen LogP contribution in [0.2, 0.25) is 0 Å². The average Bonchev–Trinajstić information content (AvgIpc) is 2.72. The van der Waals surface area contributed by atoms with E-state index < -0.39 is 12.0 Å². The zero-order chi connectivity index (χ0) is 12.4. The molecule has 88 valence electrons. The van der Waals surface area contributed by atoms with Crippen molar-refractivity contribution in [3.8, 4) is 0 Å². The number of nitrogens with zero attached hydrogens (tertiary/aromatic N) is 1. The van der Waals surface area contributed by atoms with Crippen LogP contribution in [-0.4, -0.2) is 34.5 Å². The van der Waals surface area contributed by atoms with Crippen molar-refractivity contribution in [3.63, 3.8) is 0 Å². The zero-order valence-corrected chi connectivity index (χ0v) is 9.30. The summed E-state index contributed by atoms with van der Waals surface area (Å²) in [6.07, 6.45) is 0.341. The molecule has 1 amide bonds. The van der Waals surface area contributed by atoms with Gasteiger partial charge in [-0.25, -0.2) is 4.79 Å². The van der Waals surface area contributed by atoms with Crippen LogP contribution in [0.3, 0.4) is 0 Å². The number of rotatable bonds is 2. The van der Waals surface area contributed by atoms with Gasteiger partial charge < -0.3 is 10.0 Å². The van der Waals surface area contributed by atoms with Gasteiger partial charge in [0.1, 0.15) is 6.04 Å². The Balaban J connectivity index is 2.25. The topological polar surface area (TPSA) is 57.6 Å². The molecule has 0 unspecified atom stereocenters. The number of hydrogen-bond acceptors (Lipinski definition) is 2. The van der Waals surface area contributed by atoms with Crippen molar-refractivity contribution >= 4 is 11.9 Å². The molecule has 1 aromatic rings. The molecule has 0 aliphatic carbocycles. The Bertz CT molecular complexity index is 467. The standard InChI is InChI=1S/C13H13NO3/c1-9-7-11(13(16)17)14(8-9)12(15)10-5-3-2-4-6-10/h2-6,11H,1,7-8H2,(H,16,17)/t11-/m0/s1. The number of carbonyl (C=O) groups is 2. The molecule has 4 heteroatoms. The summed E-state index contributed by atoms with van der Waals surface area (Å²) in [5, 5.41) is 9.06. The highest BCUT2D eigenvalue weighted by Gasteiger charge is 2.36. The first-order chi connectivity index (χ1) is 8.09. The van der Waals surface area contributed by atoms with Crippen LogP contribution in [0.1, 0.15) is 16.8 Å². The number of likely N-dealkylation sites (tertiary alicyclic amines) is 1. The van der Waals surface area contributed by atoms with E-state index >= 15 is 0 Å². The average molecular weight is 231 g/mol. The molecule has 1 saturated heterocycles. The van der Waals surface area contributed by atoms with E-state index in [-0.39, 0.29) is 5.91 Å². The molecular formula is C13H13NO3. The van der Waals surface area contributed by atoms with E-state index in [0.717, 1.165) is 5.57 Å². The maximum Gasteiger partial charge on any atom is 0.326 e. The minimum atomic E-state index is -0.979. The number of benzene rings is 1. The molecule has 1 aliphatic rings. The molecule has 0 aromatic heterocycles. The minimum absolute atomic E-state index is 0.253. The maximum atomic E-state index is 12.1. The second-order valence-corrected chi connectivity index (χ2v) is 4.11. The molecular weight excluding hydrogens is 218 g/mol. The molecule has 1 aromatic carbocycles. The van der Waals surface area contributed by atoms with Gasteiger partial charge in [0.15, 0.2) is 0 Å². The fourth-order valence-electron chi connectivity index (χ4n) is 1.98. The van der Waals surface area contributed by atoms with E-state index in [1.165, 1.54) is 4.90 Å². The Morgan fingerprint density at radius 1 is 1.29 bits per heavy atom. The van der Waals surface area contributed by atoms with Gasteiger partial charge in [0.25, 0.3) is 5.91 Å². The Morgan fingerprint density at radius 2 is 1.94 bits per heavy atom. The number of aliphatic carboxylic acids is 1. The van der Waals surface area contributed by atoms with Crippen LogP contribution in [-0.2, 0) is 4.79 Å². The summed E-state index contributed by atoms with van der Waals surface area (Å²) in [7, 11) is 0. The van der Waals surface area contributed by atoms with Crippen molar-refractivity contribution in [1.82, 2.24) is 4.90 Å². The summed E-state index contributed by atoms with van der Waals surface area (Å²) < 4.78 is 0. The molecule has 4 nitrogen and oxygen atoms in total. The first kappa shape index (κ1) is 11.4. The molecule has 1 N–H and O–H groups in total. The maximum absolute atomic E-state index is 12.1. The predicted octanol–water partition coefficient (Wildman–Crippen LogP) is 1.54. The summed E-state index contributed by atoms with van der Waals surface area (Å²) in [6, 6.07) is 7.91. The van der Waals surface area contributed by atoms with Crippen molar-refractivity contribution < 1.29 is 14.7 Å². The van der Waals surface area contributed by atoms with Gasteiger partial charge in [0, 0.05) is 18.5 Å². The number of carboxylic acids is 1. The first-order valence-electron chi connectivity index (χ1n) is 5.35. The molecule has 0 spiro atoms. The highest BCUT2D eigenvalue weighted by molar-refractivity contribution is 5.97. The lowest BCUT2D eigenvalue weighted by molar-refractivity contribution is -0.141. The van der Waals surface area contributed by atoms with Gasteiger partial charge >= 0.3 is 5.97 Å². The van der Waals surface area contributed by atoms with E-state index in [1.807, 2.05) is 6.07 Å². The molecule has 0 radical (unpaired) electrons. The third kappa shape index (κ3) is 2.20. The molecule has 0 saturated carbocycles. The smallest absolute Gasteiger partial charge is 0.326 e. The molecule has 2 rings (SSSR count). The van der Waals surface area contributed by atoms with Gasteiger partial charge in [0.2, 0.25) is 0 Å². The summed E-state index contributed by atoms with van der Waals surface area (Å²) >= 11 is 0. The summed E-state index contributed by atoms with van der Waals surface area (Å²) in [5.41, 5.74) is 1.29. The SMILES string of the molecule is C=C1C[C@@H](C(=O)O)N(C(=O)c2ccccc2)C1. The molecule has 17 heavy (non-hydrogen) atoms. The molecule has 1 aliphatic heterocycles. The summed E-state index contributed by atoms with van der Waals surface area (Å²) in [4.78, 5) is 24.5. The normalized spacial score (nSPS) is 19.4. The lowest BCUT2D eigenvalue weighted by atomic mass is 10.1. The third-order valence-electron chi connectivity index (χ3n) is 2.82. The molecule has 1 heterocycles. The van der Waals surface area contributed by atoms with E-state index in [0.29, 0.717) is 18.5 Å². The third-order valence-corrected chi connectivity index (χ3v) is 2.82. The number of carboxylic acid groups (broad SMARTS) is 1. The van der Waals surface area contributed by atoms with Crippen LogP contribution >= 0.6 is 0 Å². The van der Waals surface area contributed by atoms with Crippen molar-refractivity contribution in [2.75, 3.05) is 6.54 Å². The van der Waals surface area contributed by atoms with Gasteiger partial charge in [0.05, 0.1) is 0 Å². The number of amides is 1. The van der Waals surface area contributed by atoms with Gasteiger partial charge in [-0.2, -0.15) is 0 Å². The summed E-state index contributed by atoms with van der Waals surface area (Å²) in [5.74, 6) is -1.23. The van der Waals surface area contributed by atoms with Crippen molar-refractivity contribution in [2.45, 2.75) is 12.5 Å². The van der Waals surface area contributed by atoms with E-state index in [1.54, 1.807) is 24.3 Å². The monoisotopic (exact) mass is 231 g/mol. The highest BCUT2D eigenvalue weighted by atomic mass is 16.4. The Hall–Kier alpha value is -2.10. The first-order valence-corrected chi connectivity index (χ1v) is 5.35. The van der Waals surface area contributed by atoms with Gasteiger partial charge in [-0.05, 0) is 12.1 Å². The largest absolute Gasteiger partial charge is 0.480 e. The van der Waals surface area contributed by atoms with Gasteiger partial charge in [-0.1, -0.05) is 30.4 Å². The van der Waals surface area contributed by atoms with Crippen molar-refractivity contribution in [1.29, 1.82) is 0 Å². The van der Waals surface area contributed by atoms with Crippen LogP contribution in [0.15, 0.2) is 42.5 Å². The minimum Gasteiger partial charge on any atom is -0.480 e. The van der Waals surface area contributed by atoms with Crippen LogP contribution in [0.5, 0.6) is 0 Å². The molecule has 1 fully saturated rings. The van der Waals surface area contributed by atoms with Crippen molar-refractivity contribution in [2.24, 2.45) is 0 Å². The number of carbonyl (C=O) groups excluding carboxylic acids is 1. The zero-order valence-electron chi connectivity index (χ0n) is 9.30. The van der Waals surface area contributed by atoms with Crippen LogP contribution in [0, 0.1) is 0 Å². The second-order valence-electron chi connectivity index (χ2n) is 4.11. The van der Waals surface area contributed by atoms with E-state index in [2.05, 4.69) is 6.58 Å². The second kappa shape index (κ2) is 4.41. The lowest BCUT2D eigenvalue weighted by Crippen LogP contribution is -2.40. The fraction of sp³-hybridized carbons (Fsp3) is 0.231. The van der Waals surface area contributed by atoms with Crippen molar-refractivity contribution in [3.05, 3.63) is 48.0 Å². The van der Waals surface area contributed by atoms with Crippen LogP contribution < -0.4 is 0 Å². The predicted molar refractivity (Wildman–Crippen MR) is 62.7 cm³/mol. The summed E-state index contributed by atoms with van der Waals surface area (Å²) in [6.45, 7) is 4.08. The van der Waals surface area contributed by atoms with Crippen LogP contribution in [0.4, 0.5) is 0 Å². The van der Waals surface area contributed by atoms with Gasteiger partial charge in [-0.3, -0.25) is 4.79 Å². The van der Waals surface area contributed by atoms with Gasteiger partial charge in [-0.15, -0.1) is 0 Å². The quantitative estimate of drug-likeness (QED) is 0.785. The lowest BCUT2D eigenvalue weighted by Gasteiger charge is -2.20. The van der Waals surface area contributed by atoms with Crippen LogP contribution in [0.25, 0.3) is 0 Å². The van der Waals surface area contributed by atoms with E-state index in [4.69, 9.17) is 5.11 Å². The fourth-order valence-corrected chi connectivity index (χ4v) is 1.98. The highest BCUT2D eigenvalue weighted by Crippen LogP contribution is 2.23.